The fraction of sp³-hybridized carbons (Fsp3) is 0.200. The van der Waals surface area contributed by atoms with E-state index in [1.165, 1.54) is 12.3 Å². The van der Waals surface area contributed by atoms with Crippen LogP contribution in [0.2, 0.25) is 5.02 Å². The third-order valence-corrected chi connectivity index (χ3v) is 2.84. The number of carboxylic acid groups (broad SMARTS) is 1. The molecule has 5 nitrogen and oxygen atoms in total. The van der Waals surface area contributed by atoms with Crippen molar-refractivity contribution in [3.8, 4) is 17.4 Å². The summed E-state index contributed by atoms with van der Waals surface area (Å²) in [5, 5.41) is 8.98. The molecule has 0 fully saturated rings. The first kappa shape index (κ1) is 15.1. The molecule has 2 rings (SSSR count). The number of benzene rings is 1. The molecule has 0 radical (unpaired) electrons. The van der Waals surface area contributed by atoms with Gasteiger partial charge in [0, 0.05) is 6.20 Å². The maximum Gasteiger partial charge on any atom is 0.337 e. The minimum Gasteiger partial charge on any atom is -0.494 e. The number of hydrogen-bond acceptors (Lipinski definition) is 4. The van der Waals surface area contributed by atoms with Crippen LogP contribution < -0.4 is 9.47 Å². The zero-order valence-electron chi connectivity index (χ0n) is 11.4. The maximum absolute atomic E-state index is 10.8. The smallest absolute Gasteiger partial charge is 0.337 e. The summed E-state index contributed by atoms with van der Waals surface area (Å²) in [7, 11) is 0. The molecule has 0 unspecified atom stereocenters. The molecule has 1 aromatic carbocycles. The van der Waals surface area contributed by atoms with Gasteiger partial charge in [0.25, 0.3) is 0 Å². The molecule has 0 aliphatic rings. The Hall–Kier alpha value is -2.27. The van der Waals surface area contributed by atoms with Crippen molar-refractivity contribution in [3.05, 3.63) is 47.1 Å². The SMILES string of the molecule is CCCOc1ccc(Oc2ncc(C(=O)O)cc2Cl)cc1. The van der Waals surface area contributed by atoms with Crippen molar-refractivity contribution >= 4 is 17.6 Å². The van der Waals surface area contributed by atoms with Gasteiger partial charge < -0.3 is 14.6 Å². The normalized spacial score (nSPS) is 10.2. The molecule has 1 aromatic heterocycles. The van der Waals surface area contributed by atoms with Gasteiger partial charge in [-0.2, -0.15) is 0 Å². The van der Waals surface area contributed by atoms with Crippen molar-refractivity contribution in [2.45, 2.75) is 13.3 Å². The molecule has 0 aliphatic heterocycles. The third kappa shape index (κ3) is 4.10. The Bertz CT molecular complexity index is 628. The van der Waals surface area contributed by atoms with Gasteiger partial charge in [0.05, 0.1) is 12.2 Å². The summed E-state index contributed by atoms with van der Waals surface area (Å²) < 4.78 is 11.0. The zero-order chi connectivity index (χ0) is 15.2. The van der Waals surface area contributed by atoms with Crippen molar-refractivity contribution in [2.75, 3.05) is 6.61 Å². The van der Waals surface area contributed by atoms with Crippen LogP contribution in [0.4, 0.5) is 0 Å². The number of hydrogen-bond donors (Lipinski definition) is 1. The monoisotopic (exact) mass is 307 g/mol. The Labute approximate surface area is 127 Å². The molecule has 1 heterocycles. The quantitative estimate of drug-likeness (QED) is 0.873. The Morgan fingerprint density at radius 3 is 2.52 bits per heavy atom. The lowest BCUT2D eigenvalue weighted by Crippen LogP contribution is -1.98. The number of ether oxygens (including phenoxy) is 2. The third-order valence-electron chi connectivity index (χ3n) is 2.57. The van der Waals surface area contributed by atoms with Gasteiger partial charge in [-0.25, -0.2) is 9.78 Å². The Balaban J connectivity index is 2.09. The van der Waals surface area contributed by atoms with E-state index in [9.17, 15) is 4.79 Å². The summed E-state index contributed by atoms with van der Waals surface area (Å²) in [6, 6.07) is 8.32. The fourth-order valence-corrected chi connectivity index (χ4v) is 1.76. The fourth-order valence-electron chi connectivity index (χ4n) is 1.55. The highest BCUT2D eigenvalue weighted by molar-refractivity contribution is 6.32. The largest absolute Gasteiger partial charge is 0.494 e. The van der Waals surface area contributed by atoms with E-state index < -0.39 is 5.97 Å². The molecule has 0 bridgehead atoms. The van der Waals surface area contributed by atoms with Crippen molar-refractivity contribution in [2.24, 2.45) is 0 Å². The molecule has 0 spiro atoms. The van der Waals surface area contributed by atoms with E-state index in [-0.39, 0.29) is 16.5 Å². The first-order valence-electron chi connectivity index (χ1n) is 6.39. The number of halogens is 1. The van der Waals surface area contributed by atoms with E-state index in [1.807, 2.05) is 6.92 Å². The van der Waals surface area contributed by atoms with E-state index in [4.69, 9.17) is 26.2 Å². The zero-order valence-corrected chi connectivity index (χ0v) is 12.1. The second kappa shape index (κ2) is 6.95. The molecule has 0 saturated heterocycles. The van der Waals surface area contributed by atoms with Crippen LogP contribution in [0.15, 0.2) is 36.5 Å². The summed E-state index contributed by atoms with van der Waals surface area (Å²) in [5.74, 6) is 0.359. The van der Waals surface area contributed by atoms with Gasteiger partial charge in [0.15, 0.2) is 0 Å². The number of carboxylic acids is 1. The van der Waals surface area contributed by atoms with E-state index >= 15 is 0 Å². The molecule has 110 valence electrons. The molecule has 1 N–H and O–H groups in total. The van der Waals surface area contributed by atoms with Gasteiger partial charge >= 0.3 is 5.97 Å². The van der Waals surface area contributed by atoms with Crippen LogP contribution in [-0.4, -0.2) is 22.7 Å². The first-order valence-corrected chi connectivity index (χ1v) is 6.77. The lowest BCUT2D eigenvalue weighted by Gasteiger charge is -2.08. The Kier molecular flexibility index (Phi) is 5.00. The minimum absolute atomic E-state index is 0.00987. The molecular formula is C15H14ClNO4. The molecule has 0 saturated carbocycles. The van der Waals surface area contributed by atoms with Crippen LogP contribution in [0.3, 0.4) is 0 Å². The number of aromatic nitrogens is 1. The highest BCUT2D eigenvalue weighted by Crippen LogP contribution is 2.28. The summed E-state index contributed by atoms with van der Waals surface area (Å²) in [4.78, 5) is 14.7. The number of carbonyl (C=O) groups is 1. The number of nitrogens with zero attached hydrogens (tertiary/aromatic N) is 1. The van der Waals surface area contributed by atoms with E-state index in [0.29, 0.717) is 12.4 Å². The van der Waals surface area contributed by atoms with Crippen LogP contribution in [0.1, 0.15) is 23.7 Å². The maximum atomic E-state index is 10.8. The van der Waals surface area contributed by atoms with Crippen molar-refractivity contribution < 1.29 is 19.4 Å². The molecule has 0 atom stereocenters. The minimum atomic E-state index is -1.09. The van der Waals surface area contributed by atoms with Crippen LogP contribution in [0, 0.1) is 0 Å². The van der Waals surface area contributed by atoms with Crippen molar-refractivity contribution in [3.63, 3.8) is 0 Å². The second-order valence-corrected chi connectivity index (χ2v) is 4.65. The number of pyridine rings is 1. The van der Waals surface area contributed by atoms with Crippen LogP contribution in [0.5, 0.6) is 17.4 Å². The van der Waals surface area contributed by atoms with Crippen LogP contribution >= 0.6 is 11.6 Å². The summed E-state index contributed by atoms with van der Waals surface area (Å²) in [6.07, 6.45) is 2.13. The Morgan fingerprint density at radius 1 is 1.29 bits per heavy atom. The molecule has 2 aromatic rings. The topological polar surface area (TPSA) is 68.7 Å². The van der Waals surface area contributed by atoms with Gasteiger partial charge in [0.2, 0.25) is 5.88 Å². The molecular weight excluding hydrogens is 294 g/mol. The summed E-state index contributed by atoms with van der Waals surface area (Å²) in [6.45, 7) is 2.69. The van der Waals surface area contributed by atoms with Crippen LogP contribution in [0.25, 0.3) is 0 Å². The average molecular weight is 308 g/mol. The predicted molar refractivity (Wildman–Crippen MR) is 78.5 cm³/mol. The molecule has 0 aliphatic carbocycles. The van der Waals surface area contributed by atoms with E-state index in [1.54, 1.807) is 24.3 Å². The lowest BCUT2D eigenvalue weighted by atomic mass is 10.3. The lowest BCUT2D eigenvalue weighted by molar-refractivity contribution is 0.0696. The average Bonchev–Trinajstić information content (AvgIpc) is 2.48. The van der Waals surface area contributed by atoms with Crippen molar-refractivity contribution in [1.29, 1.82) is 0 Å². The van der Waals surface area contributed by atoms with Gasteiger partial charge in [-0.1, -0.05) is 18.5 Å². The first-order chi connectivity index (χ1) is 10.1. The second-order valence-electron chi connectivity index (χ2n) is 4.24. The summed E-state index contributed by atoms with van der Waals surface area (Å²) >= 11 is 5.95. The van der Waals surface area contributed by atoms with Crippen LogP contribution in [-0.2, 0) is 0 Å². The van der Waals surface area contributed by atoms with Gasteiger partial charge in [-0.15, -0.1) is 0 Å². The number of aromatic carboxylic acids is 1. The predicted octanol–water partition coefficient (Wildman–Crippen LogP) is 4.01. The highest BCUT2D eigenvalue weighted by atomic mass is 35.5. The standard InChI is InChI=1S/C15H14ClNO4/c1-2-7-20-11-3-5-12(6-4-11)21-14-13(16)8-10(9-17-14)15(18)19/h3-6,8-9H,2,7H2,1H3,(H,18,19). The summed E-state index contributed by atoms with van der Waals surface area (Å²) in [5.41, 5.74) is 0.00987. The van der Waals surface area contributed by atoms with Gasteiger partial charge in [-0.3, -0.25) is 0 Å². The molecule has 0 amide bonds. The molecule has 6 heteroatoms. The van der Waals surface area contributed by atoms with E-state index in [2.05, 4.69) is 4.98 Å². The Morgan fingerprint density at radius 2 is 1.95 bits per heavy atom. The van der Waals surface area contributed by atoms with E-state index in [0.717, 1.165) is 12.2 Å². The molecule has 21 heavy (non-hydrogen) atoms. The van der Waals surface area contributed by atoms with Gasteiger partial charge in [-0.05, 0) is 36.8 Å². The number of rotatable bonds is 6. The van der Waals surface area contributed by atoms with Gasteiger partial charge in [0.1, 0.15) is 16.5 Å². The van der Waals surface area contributed by atoms with Crippen molar-refractivity contribution in [1.82, 2.24) is 4.98 Å². The highest BCUT2D eigenvalue weighted by Gasteiger charge is 2.10.